The highest BCUT2D eigenvalue weighted by Gasteiger charge is 2.20. The molecule has 0 fully saturated rings. The monoisotopic (exact) mass is 790 g/mol. The first kappa shape index (κ1) is 52.7. The molecule has 0 amide bonds. The molecule has 0 heterocycles. The molecule has 0 bridgehead atoms. The number of nitrogens with zero attached hydrogens (tertiary/aromatic N) is 1. The van der Waals surface area contributed by atoms with E-state index in [0.29, 0.717) is 24.1 Å². The molecule has 0 aromatic rings. The lowest BCUT2D eigenvalue weighted by molar-refractivity contribution is -0.870. The molecule has 8 nitrogen and oxygen atoms in total. The zero-order valence-corrected chi connectivity index (χ0v) is 36.5. The second-order valence-corrected chi connectivity index (χ2v) is 16.4. The highest BCUT2D eigenvalue weighted by Crippen LogP contribution is 2.38. The maximum Gasteiger partial charge on any atom is 0.306 e. The van der Waals surface area contributed by atoms with Gasteiger partial charge in [0.25, 0.3) is 7.82 Å². The van der Waals surface area contributed by atoms with E-state index in [1.54, 1.807) is 0 Å². The number of likely N-dealkylation sites (N-methyl/N-ethyl adjacent to an activating group) is 1. The summed E-state index contributed by atoms with van der Waals surface area (Å²) in [5, 5.41) is 0. The molecular formula is C46H80NO7P. The lowest BCUT2D eigenvalue weighted by atomic mass is 10.1. The highest BCUT2D eigenvalue weighted by atomic mass is 31.2. The van der Waals surface area contributed by atoms with Gasteiger partial charge in [0, 0.05) is 13.0 Å². The fourth-order valence-corrected chi connectivity index (χ4v) is 5.91. The molecule has 0 radical (unpaired) electrons. The minimum atomic E-state index is -4.54. The molecule has 0 saturated carbocycles. The van der Waals surface area contributed by atoms with Crippen LogP contribution in [-0.2, 0) is 27.9 Å². The van der Waals surface area contributed by atoms with Crippen LogP contribution in [-0.4, -0.2) is 70.7 Å². The lowest BCUT2D eigenvalue weighted by Gasteiger charge is -2.28. The smallest absolute Gasteiger partial charge is 0.306 e. The average Bonchev–Trinajstić information content (AvgIpc) is 3.13. The number of allylic oxidation sites excluding steroid dienone is 14. The number of quaternary nitrogens is 1. The first-order chi connectivity index (χ1) is 26.6. The van der Waals surface area contributed by atoms with Gasteiger partial charge in [0.15, 0.2) is 0 Å². The van der Waals surface area contributed by atoms with E-state index in [1.807, 2.05) is 21.1 Å². The van der Waals surface area contributed by atoms with E-state index in [2.05, 4.69) is 98.9 Å². The van der Waals surface area contributed by atoms with Crippen LogP contribution < -0.4 is 4.89 Å². The Morgan fingerprint density at radius 3 is 1.51 bits per heavy atom. The molecule has 0 N–H and O–H groups in total. The molecule has 316 valence electrons. The van der Waals surface area contributed by atoms with Crippen LogP contribution in [0.4, 0.5) is 0 Å². The molecular weight excluding hydrogens is 709 g/mol. The fourth-order valence-electron chi connectivity index (χ4n) is 5.18. The van der Waals surface area contributed by atoms with Crippen molar-refractivity contribution in [2.75, 3.05) is 54.1 Å². The maximum atomic E-state index is 12.6. The van der Waals surface area contributed by atoms with E-state index >= 15 is 0 Å². The number of phosphoric acid groups is 1. The van der Waals surface area contributed by atoms with Crippen molar-refractivity contribution in [3.8, 4) is 0 Å². The zero-order valence-electron chi connectivity index (χ0n) is 35.6. The molecule has 0 aliphatic heterocycles. The van der Waals surface area contributed by atoms with Crippen molar-refractivity contribution in [1.82, 2.24) is 0 Å². The van der Waals surface area contributed by atoms with E-state index in [4.69, 9.17) is 18.5 Å². The Bertz CT molecular complexity index is 1150. The standard InChI is InChI=1S/C46H80NO7P/c1-6-8-10-12-14-16-18-19-20-21-22-23-24-25-26-27-28-29-30-31-33-35-37-39-46(48)54-45(44-53-55(49,50)52-42-40-47(3,4)5)43-51-41-38-36-34-32-17-15-13-11-9-7-2/h8,10,14,16,19-20,22-23,25-26,28-29,31,33,45H,6-7,9,11-13,15,17-18,21,24,27,30,32,34-44H2,1-5H3/b10-8-,16-14-,20-19-,23-22-,26-25-,29-28-,33-31-. The summed E-state index contributed by atoms with van der Waals surface area (Å²) in [5.41, 5.74) is 0. The molecule has 0 aliphatic rings. The number of carbonyl (C=O) groups excluding carboxylic acids is 1. The van der Waals surface area contributed by atoms with Crippen LogP contribution in [0.2, 0.25) is 0 Å². The Hall–Kier alpha value is -2.32. The number of ether oxygens (including phenoxy) is 2. The van der Waals surface area contributed by atoms with E-state index < -0.39 is 19.9 Å². The summed E-state index contributed by atoms with van der Waals surface area (Å²) in [5.74, 6) is -0.395. The fraction of sp³-hybridized carbons (Fsp3) is 0.674. The van der Waals surface area contributed by atoms with Crippen LogP contribution in [0.5, 0.6) is 0 Å². The number of hydrogen-bond donors (Lipinski definition) is 0. The summed E-state index contributed by atoms with van der Waals surface area (Å²) >= 11 is 0. The molecule has 2 unspecified atom stereocenters. The van der Waals surface area contributed by atoms with Crippen molar-refractivity contribution in [1.29, 1.82) is 0 Å². The molecule has 0 rings (SSSR count). The summed E-state index contributed by atoms with van der Waals surface area (Å²) < 4.78 is 34.4. The highest BCUT2D eigenvalue weighted by molar-refractivity contribution is 7.45. The molecule has 0 aromatic carbocycles. The first-order valence-corrected chi connectivity index (χ1v) is 22.8. The van der Waals surface area contributed by atoms with Gasteiger partial charge in [-0.3, -0.25) is 9.36 Å². The number of esters is 1. The largest absolute Gasteiger partial charge is 0.756 e. The molecule has 55 heavy (non-hydrogen) atoms. The number of carbonyl (C=O) groups is 1. The van der Waals surface area contributed by atoms with Gasteiger partial charge in [0.1, 0.15) is 19.3 Å². The van der Waals surface area contributed by atoms with Gasteiger partial charge in [-0.1, -0.05) is 157 Å². The van der Waals surface area contributed by atoms with Crippen molar-refractivity contribution < 1.29 is 37.3 Å². The third-order valence-corrected chi connectivity index (χ3v) is 9.43. The van der Waals surface area contributed by atoms with Crippen molar-refractivity contribution in [2.24, 2.45) is 0 Å². The van der Waals surface area contributed by atoms with Gasteiger partial charge in [-0.2, -0.15) is 0 Å². The molecule has 0 saturated heterocycles. The van der Waals surface area contributed by atoms with Crippen LogP contribution in [0.1, 0.15) is 142 Å². The van der Waals surface area contributed by atoms with E-state index in [9.17, 15) is 14.3 Å². The van der Waals surface area contributed by atoms with E-state index in [1.165, 1.54) is 51.4 Å². The average molecular weight is 790 g/mol. The van der Waals surface area contributed by atoms with Crippen LogP contribution in [0.25, 0.3) is 0 Å². The third kappa shape index (κ3) is 42.7. The maximum absolute atomic E-state index is 12.6. The van der Waals surface area contributed by atoms with Crippen LogP contribution in [0, 0.1) is 0 Å². The van der Waals surface area contributed by atoms with Gasteiger partial charge >= 0.3 is 5.97 Å². The lowest BCUT2D eigenvalue weighted by Crippen LogP contribution is -2.37. The SMILES string of the molecule is CC/C=C\C/C=C\C/C=C\C/C=C\C/C=C\C/C=C\C/C=C\CCCC(=O)OC(COCCCCCCCCCCCC)COP(=O)([O-])OCC[N+](C)(C)C. The Morgan fingerprint density at radius 2 is 1.04 bits per heavy atom. The third-order valence-electron chi connectivity index (χ3n) is 8.46. The van der Waals surface area contributed by atoms with Gasteiger partial charge in [-0.05, 0) is 64.2 Å². The van der Waals surface area contributed by atoms with Crippen molar-refractivity contribution in [3.05, 3.63) is 85.1 Å². The van der Waals surface area contributed by atoms with Crippen LogP contribution in [0.3, 0.4) is 0 Å². The van der Waals surface area contributed by atoms with Gasteiger partial charge in [-0.15, -0.1) is 0 Å². The van der Waals surface area contributed by atoms with Crippen molar-refractivity contribution in [3.63, 3.8) is 0 Å². The summed E-state index contributed by atoms with van der Waals surface area (Å²) in [6.45, 7) is 5.18. The minimum absolute atomic E-state index is 0.0115. The molecule has 2 atom stereocenters. The van der Waals surface area contributed by atoms with Crippen LogP contribution in [0.15, 0.2) is 85.1 Å². The number of unbranched alkanes of at least 4 members (excludes halogenated alkanes) is 10. The predicted octanol–water partition coefficient (Wildman–Crippen LogP) is 11.9. The summed E-state index contributed by atoms with van der Waals surface area (Å²) in [6, 6.07) is 0. The quantitative estimate of drug-likeness (QED) is 0.0202. The predicted molar refractivity (Wildman–Crippen MR) is 231 cm³/mol. The first-order valence-electron chi connectivity index (χ1n) is 21.3. The van der Waals surface area contributed by atoms with Crippen molar-refractivity contribution in [2.45, 2.75) is 148 Å². The number of phosphoric ester groups is 1. The Kier molecular flexibility index (Phi) is 36.9. The molecule has 0 aliphatic carbocycles. The summed E-state index contributed by atoms with van der Waals surface area (Å²) in [7, 11) is 1.31. The Labute approximate surface area is 337 Å². The van der Waals surface area contributed by atoms with Gasteiger partial charge in [-0.25, -0.2) is 0 Å². The Balaban J connectivity index is 4.34. The number of hydrogen-bond acceptors (Lipinski definition) is 7. The molecule has 0 spiro atoms. The normalized spacial score (nSPS) is 14.7. The van der Waals surface area contributed by atoms with Gasteiger partial charge in [0.2, 0.25) is 0 Å². The topological polar surface area (TPSA) is 94.1 Å². The summed E-state index contributed by atoms with van der Waals surface area (Å²) in [4.78, 5) is 25.0. The van der Waals surface area contributed by atoms with E-state index in [0.717, 1.165) is 64.2 Å². The van der Waals surface area contributed by atoms with Crippen molar-refractivity contribution >= 4 is 13.8 Å². The molecule has 0 aromatic heterocycles. The van der Waals surface area contributed by atoms with E-state index in [-0.39, 0.29) is 26.2 Å². The zero-order chi connectivity index (χ0) is 40.6. The molecule has 9 heteroatoms. The van der Waals surface area contributed by atoms with Gasteiger partial charge in [0.05, 0.1) is 34.4 Å². The number of rotatable bonds is 38. The second-order valence-electron chi connectivity index (χ2n) is 15.0. The minimum Gasteiger partial charge on any atom is -0.756 e. The van der Waals surface area contributed by atoms with Crippen LogP contribution >= 0.6 is 7.82 Å². The Morgan fingerprint density at radius 1 is 0.582 bits per heavy atom. The summed E-state index contributed by atoms with van der Waals surface area (Å²) in [6.07, 6.45) is 50.3. The second kappa shape index (κ2) is 38.5. The van der Waals surface area contributed by atoms with Gasteiger partial charge < -0.3 is 27.9 Å².